The quantitative estimate of drug-likeness (QED) is 0.774. The van der Waals surface area contributed by atoms with Gasteiger partial charge in [0.1, 0.15) is 0 Å². The molecule has 2 aliphatic rings. The van der Waals surface area contributed by atoms with Gasteiger partial charge in [0.2, 0.25) is 5.91 Å². The molecule has 21 heavy (non-hydrogen) atoms. The molecule has 0 saturated carbocycles. The molecule has 2 rings (SSSR count). The van der Waals surface area contributed by atoms with Crippen molar-refractivity contribution >= 4 is 5.91 Å². The van der Waals surface area contributed by atoms with Crippen molar-refractivity contribution in [3.05, 3.63) is 23.1 Å². The Morgan fingerprint density at radius 2 is 2.14 bits per heavy atom. The Balaban J connectivity index is 2.00. The van der Waals surface area contributed by atoms with Crippen LogP contribution in [0.3, 0.4) is 0 Å². The van der Waals surface area contributed by atoms with Gasteiger partial charge in [0.15, 0.2) is 0 Å². The van der Waals surface area contributed by atoms with Crippen molar-refractivity contribution in [3.63, 3.8) is 0 Å². The van der Waals surface area contributed by atoms with E-state index in [-0.39, 0.29) is 5.91 Å². The zero-order valence-electron chi connectivity index (χ0n) is 12.6. The second kappa shape index (κ2) is 7.19. The van der Waals surface area contributed by atoms with Crippen LogP contribution in [0.4, 0.5) is 0 Å². The predicted molar refractivity (Wildman–Crippen MR) is 82.0 cm³/mol. The second-order valence-electron chi connectivity index (χ2n) is 5.47. The molecular weight excluding hydrogens is 266 g/mol. The zero-order valence-corrected chi connectivity index (χ0v) is 12.6. The number of carbonyl (C=O) groups excluding carboxylic acids is 1. The summed E-state index contributed by atoms with van der Waals surface area (Å²) < 4.78 is 5.55. The van der Waals surface area contributed by atoms with E-state index in [1.807, 2.05) is 6.92 Å². The van der Waals surface area contributed by atoms with Crippen LogP contribution in [-0.4, -0.2) is 55.0 Å². The molecular formula is C16H23N3O2. The molecule has 2 aliphatic heterocycles. The highest BCUT2D eigenvalue weighted by atomic mass is 16.5. The molecule has 0 aromatic rings. The molecule has 114 valence electrons. The van der Waals surface area contributed by atoms with Crippen molar-refractivity contribution < 1.29 is 9.53 Å². The van der Waals surface area contributed by atoms with Crippen LogP contribution in [0.15, 0.2) is 23.1 Å². The van der Waals surface area contributed by atoms with E-state index < -0.39 is 0 Å². The summed E-state index contributed by atoms with van der Waals surface area (Å²) in [5.74, 6) is 3.54. The molecule has 2 heterocycles. The third kappa shape index (κ3) is 4.27. The predicted octanol–water partition coefficient (Wildman–Crippen LogP) is 0.691. The normalized spacial score (nSPS) is 22.7. The summed E-state index contributed by atoms with van der Waals surface area (Å²) in [6.45, 7) is 6.38. The number of ether oxygens (including phenoxy) is 1. The summed E-state index contributed by atoms with van der Waals surface area (Å²) in [6, 6.07) is 0. The highest BCUT2D eigenvalue weighted by molar-refractivity contribution is 5.75. The Kier molecular flexibility index (Phi) is 5.29. The first-order valence-corrected chi connectivity index (χ1v) is 7.36. The molecule has 1 amide bonds. The first-order valence-electron chi connectivity index (χ1n) is 7.36. The van der Waals surface area contributed by atoms with Gasteiger partial charge in [-0.25, -0.2) is 0 Å². The molecule has 0 unspecified atom stereocenters. The van der Waals surface area contributed by atoms with Crippen LogP contribution in [0.1, 0.15) is 19.8 Å². The molecule has 2 fully saturated rings. The number of nitrogens with two attached hydrogens (primary N) is 1. The largest absolute Gasteiger partial charge is 0.498 e. The summed E-state index contributed by atoms with van der Waals surface area (Å²) in [7, 11) is 0. The summed E-state index contributed by atoms with van der Waals surface area (Å²) in [6.07, 6.45) is 9.81. The van der Waals surface area contributed by atoms with Crippen molar-refractivity contribution in [1.29, 1.82) is 0 Å². The van der Waals surface area contributed by atoms with Crippen LogP contribution in [0, 0.1) is 12.3 Å². The Bertz CT molecular complexity index is 486. The fourth-order valence-electron chi connectivity index (χ4n) is 2.75. The Morgan fingerprint density at radius 3 is 2.67 bits per heavy atom. The summed E-state index contributed by atoms with van der Waals surface area (Å²) in [5, 5.41) is 0. The van der Waals surface area contributed by atoms with Crippen LogP contribution >= 0.6 is 0 Å². The number of hydrogen-bond acceptors (Lipinski definition) is 4. The molecule has 0 bridgehead atoms. The number of hydrogen-bond donors (Lipinski definition) is 1. The van der Waals surface area contributed by atoms with E-state index in [9.17, 15) is 4.79 Å². The standard InChI is InChI=1S/C16H23N3O2/c1-3-15(13(2)11-14-5-4-10-21-14)19-8-6-18(7-9-19)12-16(17)20/h1,11H,4-10,12H2,2H3,(H2,17,20)/b14-11+,15-13+. The minimum absolute atomic E-state index is 0.282. The van der Waals surface area contributed by atoms with Gasteiger partial charge in [-0.05, 0) is 25.0 Å². The van der Waals surface area contributed by atoms with E-state index in [2.05, 4.69) is 21.8 Å². The molecule has 0 aromatic carbocycles. The smallest absolute Gasteiger partial charge is 0.231 e. The van der Waals surface area contributed by atoms with Crippen molar-refractivity contribution in [2.24, 2.45) is 5.73 Å². The Morgan fingerprint density at radius 1 is 1.43 bits per heavy atom. The first kappa shape index (κ1) is 15.5. The summed E-state index contributed by atoms with van der Waals surface area (Å²) >= 11 is 0. The van der Waals surface area contributed by atoms with Crippen molar-refractivity contribution in [1.82, 2.24) is 9.80 Å². The van der Waals surface area contributed by atoms with E-state index in [0.29, 0.717) is 6.54 Å². The monoisotopic (exact) mass is 289 g/mol. The maximum absolute atomic E-state index is 10.9. The Hall–Kier alpha value is -1.93. The van der Waals surface area contributed by atoms with Crippen LogP contribution in [0.25, 0.3) is 0 Å². The topological polar surface area (TPSA) is 58.8 Å². The highest BCUT2D eigenvalue weighted by Gasteiger charge is 2.20. The van der Waals surface area contributed by atoms with Crippen LogP contribution in [-0.2, 0) is 9.53 Å². The van der Waals surface area contributed by atoms with Crippen molar-refractivity contribution in [3.8, 4) is 12.3 Å². The number of carbonyl (C=O) groups is 1. The second-order valence-corrected chi connectivity index (χ2v) is 5.47. The van der Waals surface area contributed by atoms with Crippen LogP contribution in [0.2, 0.25) is 0 Å². The molecule has 0 aliphatic carbocycles. The number of allylic oxidation sites excluding steroid dienone is 4. The van der Waals surface area contributed by atoms with Gasteiger partial charge in [-0.15, -0.1) is 6.42 Å². The lowest BCUT2D eigenvalue weighted by atomic mass is 10.1. The maximum atomic E-state index is 10.9. The van der Waals surface area contributed by atoms with Gasteiger partial charge in [0.25, 0.3) is 0 Å². The number of primary amides is 1. The van der Waals surface area contributed by atoms with Gasteiger partial charge < -0.3 is 15.4 Å². The summed E-state index contributed by atoms with van der Waals surface area (Å²) in [4.78, 5) is 15.2. The van der Waals surface area contributed by atoms with Crippen molar-refractivity contribution in [2.45, 2.75) is 19.8 Å². The lowest BCUT2D eigenvalue weighted by Gasteiger charge is -2.35. The van der Waals surface area contributed by atoms with E-state index in [0.717, 1.165) is 62.7 Å². The first-order chi connectivity index (χ1) is 10.1. The Labute approximate surface area is 126 Å². The van der Waals surface area contributed by atoms with Gasteiger partial charge in [0.05, 0.1) is 24.6 Å². The fraction of sp³-hybridized carbons (Fsp3) is 0.562. The van der Waals surface area contributed by atoms with Gasteiger partial charge in [-0.1, -0.05) is 5.92 Å². The zero-order chi connectivity index (χ0) is 15.2. The number of amides is 1. The average Bonchev–Trinajstić information content (AvgIpc) is 2.93. The summed E-state index contributed by atoms with van der Waals surface area (Å²) in [5.41, 5.74) is 7.21. The van der Waals surface area contributed by atoms with Crippen molar-refractivity contribution in [2.75, 3.05) is 39.3 Å². The van der Waals surface area contributed by atoms with Gasteiger partial charge in [-0.3, -0.25) is 9.69 Å². The van der Waals surface area contributed by atoms with Gasteiger partial charge in [-0.2, -0.15) is 0 Å². The molecule has 2 N–H and O–H groups in total. The number of nitrogens with zero attached hydrogens (tertiary/aromatic N) is 2. The minimum Gasteiger partial charge on any atom is -0.498 e. The lowest BCUT2D eigenvalue weighted by Crippen LogP contribution is -2.48. The molecule has 0 radical (unpaired) electrons. The number of rotatable bonds is 4. The third-order valence-corrected chi connectivity index (χ3v) is 3.81. The number of terminal acetylenes is 1. The molecule has 0 aromatic heterocycles. The van der Waals surface area contributed by atoms with E-state index in [1.165, 1.54) is 0 Å². The third-order valence-electron chi connectivity index (χ3n) is 3.81. The average molecular weight is 289 g/mol. The highest BCUT2D eigenvalue weighted by Crippen LogP contribution is 2.21. The fourth-order valence-corrected chi connectivity index (χ4v) is 2.75. The molecule has 2 saturated heterocycles. The molecule has 0 spiro atoms. The molecule has 5 nitrogen and oxygen atoms in total. The molecule has 5 heteroatoms. The molecule has 0 atom stereocenters. The van der Waals surface area contributed by atoms with Gasteiger partial charge in [0, 0.05) is 32.6 Å². The lowest BCUT2D eigenvalue weighted by molar-refractivity contribution is -0.119. The van der Waals surface area contributed by atoms with E-state index in [4.69, 9.17) is 16.9 Å². The van der Waals surface area contributed by atoms with Crippen LogP contribution in [0.5, 0.6) is 0 Å². The van der Waals surface area contributed by atoms with Crippen LogP contribution < -0.4 is 5.73 Å². The van der Waals surface area contributed by atoms with Gasteiger partial charge >= 0.3 is 0 Å². The maximum Gasteiger partial charge on any atom is 0.231 e. The number of piperazine rings is 1. The minimum atomic E-state index is -0.282. The van der Waals surface area contributed by atoms with E-state index >= 15 is 0 Å². The van der Waals surface area contributed by atoms with E-state index in [1.54, 1.807) is 0 Å². The SMILES string of the molecule is C#C/C(=C(C)\C=C1/CCCO1)N1CCN(CC(N)=O)CC1.